The van der Waals surface area contributed by atoms with Crippen molar-refractivity contribution in [3.8, 4) is 0 Å². The van der Waals surface area contributed by atoms with Gasteiger partial charge in [0.15, 0.2) is 5.11 Å². The molecule has 6 heteroatoms. The number of amides is 1. The largest absolute Gasteiger partial charge is 0.358 e. The van der Waals surface area contributed by atoms with E-state index in [-0.39, 0.29) is 23.3 Å². The molecule has 1 atom stereocenters. The third-order valence-corrected chi connectivity index (χ3v) is 4.07. The summed E-state index contributed by atoms with van der Waals surface area (Å²) in [7, 11) is 0. The SMILES string of the molecule is CC1CC(C)(C)NC(=S)N1CCC(=O)Nc1cccc(F)c1. The molecule has 2 rings (SSSR count). The summed E-state index contributed by atoms with van der Waals surface area (Å²) in [5, 5.41) is 6.67. The number of carbonyl (C=O) groups excluding carboxylic acids is 1. The van der Waals surface area contributed by atoms with Crippen LogP contribution in [0.25, 0.3) is 0 Å². The van der Waals surface area contributed by atoms with Gasteiger partial charge < -0.3 is 15.5 Å². The summed E-state index contributed by atoms with van der Waals surface area (Å²) < 4.78 is 13.1. The Labute approximate surface area is 136 Å². The molecule has 0 radical (unpaired) electrons. The molecule has 1 unspecified atom stereocenters. The third-order valence-electron chi connectivity index (χ3n) is 3.73. The molecule has 4 nitrogen and oxygen atoms in total. The van der Waals surface area contributed by atoms with Crippen LogP contribution in [0, 0.1) is 5.82 Å². The summed E-state index contributed by atoms with van der Waals surface area (Å²) in [5.41, 5.74) is 0.454. The average molecular weight is 323 g/mol. The van der Waals surface area contributed by atoms with E-state index in [1.807, 2.05) is 4.90 Å². The highest BCUT2D eigenvalue weighted by atomic mass is 32.1. The monoisotopic (exact) mass is 323 g/mol. The third kappa shape index (κ3) is 4.40. The summed E-state index contributed by atoms with van der Waals surface area (Å²) in [6.07, 6.45) is 1.27. The summed E-state index contributed by atoms with van der Waals surface area (Å²) in [5.74, 6) is -0.513. The van der Waals surface area contributed by atoms with Crippen LogP contribution in [-0.2, 0) is 4.79 Å². The zero-order valence-corrected chi connectivity index (χ0v) is 14.0. The van der Waals surface area contributed by atoms with Crippen LogP contribution >= 0.6 is 12.2 Å². The van der Waals surface area contributed by atoms with Gasteiger partial charge in [0.1, 0.15) is 5.82 Å². The van der Waals surface area contributed by atoms with E-state index in [1.165, 1.54) is 12.1 Å². The Bertz CT molecular complexity index is 576. The quantitative estimate of drug-likeness (QED) is 0.836. The first-order chi connectivity index (χ1) is 10.3. The molecule has 120 valence electrons. The van der Waals surface area contributed by atoms with Crippen LogP contribution in [0.5, 0.6) is 0 Å². The summed E-state index contributed by atoms with van der Waals surface area (Å²) in [4.78, 5) is 14.0. The van der Waals surface area contributed by atoms with Gasteiger partial charge in [-0.05, 0) is 57.6 Å². The molecule has 1 aliphatic heterocycles. The highest BCUT2D eigenvalue weighted by molar-refractivity contribution is 7.80. The van der Waals surface area contributed by atoms with Crippen LogP contribution < -0.4 is 10.6 Å². The van der Waals surface area contributed by atoms with Crippen molar-refractivity contribution in [3.63, 3.8) is 0 Å². The molecule has 0 bridgehead atoms. The molecular weight excluding hydrogens is 301 g/mol. The van der Waals surface area contributed by atoms with Crippen molar-refractivity contribution < 1.29 is 9.18 Å². The number of rotatable bonds is 4. The Balaban J connectivity index is 1.87. The number of hydrogen-bond donors (Lipinski definition) is 2. The predicted molar refractivity (Wildman–Crippen MR) is 90.2 cm³/mol. The van der Waals surface area contributed by atoms with Crippen LogP contribution in [0.4, 0.5) is 10.1 Å². The van der Waals surface area contributed by atoms with Gasteiger partial charge in [-0.25, -0.2) is 4.39 Å². The van der Waals surface area contributed by atoms with Crippen LogP contribution in [0.15, 0.2) is 24.3 Å². The number of nitrogens with one attached hydrogen (secondary N) is 2. The molecule has 2 N–H and O–H groups in total. The second-order valence-electron chi connectivity index (χ2n) is 6.37. The summed E-state index contributed by atoms with van der Waals surface area (Å²) in [6, 6.07) is 6.16. The highest BCUT2D eigenvalue weighted by Crippen LogP contribution is 2.22. The minimum Gasteiger partial charge on any atom is -0.358 e. The van der Waals surface area contributed by atoms with Crippen LogP contribution in [-0.4, -0.2) is 34.0 Å². The second kappa shape index (κ2) is 6.60. The average Bonchev–Trinajstić information content (AvgIpc) is 2.36. The zero-order chi connectivity index (χ0) is 16.3. The number of hydrogen-bond acceptors (Lipinski definition) is 2. The van der Waals surface area contributed by atoms with Crippen molar-refractivity contribution in [2.24, 2.45) is 0 Å². The Morgan fingerprint density at radius 1 is 1.55 bits per heavy atom. The van der Waals surface area contributed by atoms with Gasteiger partial charge >= 0.3 is 0 Å². The van der Waals surface area contributed by atoms with E-state index in [1.54, 1.807) is 12.1 Å². The minimum absolute atomic E-state index is 0.0170. The smallest absolute Gasteiger partial charge is 0.226 e. The minimum atomic E-state index is -0.366. The van der Waals surface area contributed by atoms with Gasteiger partial charge in [0.2, 0.25) is 5.91 Å². The van der Waals surface area contributed by atoms with Crippen molar-refractivity contribution in [1.82, 2.24) is 10.2 Å². The number of halogens is 1. The Morgan fingerprint density at radius 3 is 2.91 bits per heavy atom. The Morgan fingerprint density at radius 2 is 2.27 bits per heavy atom. The van der Waals surface area contributed by atoms with Crippen molar-refractivity contribution in [1.29, 1.82) is 0 Å². The first-order valence-electron chi connectivity index (χ1n) is 7.41. The van der Waals surface area contributed by atoms with Crippen LogP contribution in [0.2, 0.25) is 0 Å². The summed E-state index contributed by atoms with van der Waals surface area (Å²) in [6.45, 7) is 6.89. The van der Waals surface area contributed by atoms with E-state index >= 15 is 0 Å². The molecule has 1 aromatic carbocycles. The van der Waals surface area contributed by atoms with Crippen molar-refractivity contribution >= 4 is 28.9 Å². The van der Waals surface area contributed by atoms with E-state index in [0.29, 0.717) is 23.8 Å². The maximum atomic E-state index is 13.1. The number of benzene rings is 1. The Hall–Kier alpha value is -1.69. The second-order valence-corrected chi connectivity index (χ2v) is 6.76. The molecule has 0 spiro atoms. The molecule has 1 heterocycles. The van der Waals surface area contributed by atoms with E-state index < -0.39 is 0 Å². The molecule has 1 amide bonds. The first-order valence-corrected chi connectivity index (χ1v) is 7.82. The summed E-state index contributed by atoms with van der Waals surface area (Å²) >= 11 is 5.39. The fourth-order valence-electron chi connectivity index (χ4n) is 2.79. The number of thiocarbonyl (C=S) groups is 1. The lowest BCUT2D eigenvalue weighted by atomic mass is 9.93. The topological polar surface area (TPSA) is 44.4 Å². The zero-order valence-electron chi connectivity index (χ0n) is 13.1. The van der Waals surface area contributed by atoms with E-state index in [4.69, 9.17) is 12.2 Å². The van der Waals surface area contributed by atoms with Crippen molar-refractivity contribution in [2.45, 2.75) is 45.2 Å². The molecular formula is C16H22FN3OS. The van der Waals surface area contributed by atoms with Gasteiger partial charge in [0, 0.05) is 30.2 Å². The lowest BCUT2D eigenvalue weighted by Gasteiger charge is -2.44. The maximum absolute atomic E-state index is 13.1. The molecule has 1 fully saturated rings. The molecule has 0 aliphatic carbocycles. The van der Waals surface area contributed by atoms with Gasteiger partial charge in [0.25, 0.3) is 0 Å². The highest BCUT2D eigenvalue weighted by Gasteiger charge is 2.32. The van der Waals surface area contributed by atoms with E-state index in [9.17, 15) is 9.18 Å². The van der Waals surface area contributed by atoms with Crippen molar-refractivity contribution in [2.75, 3.05) is 11.9 Å². The number of nitrogens with zero attached hydrogens (tertiary/aromatic N) is 1. The van der Waals surface area contributed by atoms with E-state index in [2.05, 4.69) is 31.4 Å². The van der Waals surface area contributed by atoms with E-state index in [0.717, 1.165) is 6.42 Å². The lowest BCUT2D eigenvalue weighted by molar-refractivity contribution is -0.116. The van der Waals surface area contributed by atoms with Gasteiger partial charge in [-0.3, -0.25) is 4.79 Å². The normalized spacial score (nSPS) is 20.5. The molecule has 0 saturated carbocycles. The van der Waals surface area contributed by atoms with Gasteiger partial charge in [-0.2, -0.15) is 0 Å². The lowest BCUT2D eigenvalue weighted by Crippen LogP contribution is -2.60. The molecule has 1 aliphatic rings. The van der Waals surface area contributed by atoms with Gasteiger partial charge in [-0.1, -0.05) is 6.07 Å². The fourth-order valence-corrected chi connectivity index (χ4v) is 3.34. The van der Waals surface area contributed by atoms with Gasteiger partial charge in [-0.15, -0.1) is 0 Å². The van der Waals surface area contributed by atoms with Crippen LogP contribution in [0.3, 0.4) is 0 Å². The molecule has 22 heavy (non-hydrogen) atoms. The predicted octanol–water partition coefficient (Wildman–Crippen LogP) is 2.90. The fraction of sp³-hybridized carbons (Fsp3) is 0.500. The maximum Gasteiger partial charge on any atom is 0.226 e. The number of carbonyl (C=O) groups is 1. The number of anilines is 1. The van der Waals surface area contributed by atoms with Crippen molar-refractivity contribution in [3.05, 3.63) is 30.1 Å². The van der Waals surface area contributed by atoms with Crippen LogP contribution in [0.1, 0.15) is 33.6 Å². The molecule has 0 aromatic heterocycles. The molecule has 1 aromatic rings. The first kappa shape index (κ1) is 16.7. The van der Waals surface area contributed by atoms with Gasteiger partial charge in [0.05, 0.1) is 0 Å². The Kier molecular flexibility index (Phi) is 5.01. The molecule has 1 saturated heterocycles. The standard InChI is InChI=1S/C16H22FN3OS/c1-11-10-16(2,3)19-15(22)20(11)8-7-14(21)18-13-6-4-5-12(17)9-13/h4-6,9,11H,7-8,10H2,1-3H3,(H,18,21)(H,19,22).